The van der Waals surface area contributed by atoms with Gasteiger partial charge in [0.2, 0.25) is 5.79 Å². The van der Waals surface area contributed by atoms with E-state index in [1.807, 2.05) is 58.1 Å². The van der Waals surface area contributed by atoms with Crippen molar-refractivity contribution in [1.29, 1.82) is 0 Å². The second-order valence-corrected chi connectivity index (χ2v) is 20.6. The van der Waals surface area contributed by atoms with Crippen LogP contribution in [0.1, 0.15) is 132 Å². The van der Waals surface area contributed by atoms with Crippen LogP contribution in [0.5, 0.6) is 0 Å². The molecule has 3 N–H and O–H groups in total. The number of hydrogen-bond acceptors (Lipinski definition) is 14. The number of ether oxygens (including phenoxy) is 6. The van der Waals surface area contributed by atoms with E-state index in [1.54, 1.807) is 35.0 Å². The molecule has 1 saturated carbocycles. The first kappa shape index (κ1) is 57.4. The molecule has 1 unspecified atom stereocenters. The highest BCUT2D eigenvalue weighted by Crippen LogP contribution is 2.38. The molecule has 1 amide bonds. The number of fused-ring (bicyclic) bond motifs is 3. The lowest BCUT2D eigenvalue weighted by molar-refractivity contribution is -0.265. The minimum atomic E-state index is -2.43. The Morgan fingerprint density at radius 1 is 0.838 bits per heavy atom. The molecule has 3 aliphatic heterocycles. The summed E-state index contributed by atoms with van der Waals surface area (Å²) in [4.78, 5) is 72.2. The summed E-state index contributed by atoms with van der Waals surface area (Å²) in [7, 11) is 4.62. The first-order valence-corrected chi connectivity index (χ1v) is 25.3. The van der Waals surface area contributed by atoms with Crippen LogP contribution in [0.3, 0.4) is 0 Å². The van der Waals surface area contributed by atoms with E-state index in [4.69, 9.17) is 28.4 Å². The van der Waals surface area contributed by atoms with Gasteiger partial charge in [0, 0.05) is 58.5 Å². The fourth-order valence-corrected chi connectivity index (χ4v) is 10.8. The second kappa shape index (κ2) is 27.5. The predicted octanol–water partition coefficient (Wildman–Crippen LogP) is 6.28. The zero-order valence-electron chi connectivity index (χ0n) is 42.6. The van der Waals surface area contributed by atoms with Gasteiger partial charge in [-0.25, -0.2) is 4.79 Å². The van der Waals surface area contributed by atoms with E-state index in [-0.39, 0.29) is 80.5 Å². The summed E-state index contributed by atoms with van der Waals surface area (Å²) in [6, 6.07) is -1.13. The van der Waals surface area contributed by atoms with E-state index in [0.29, 0.717) is 57.8 Å². The average Bonchev–Trinajstić information content (AvgIpc) is 3.32. The molecule has 0 aromatic heterocycles. The van der Waals surface area contributed by atoms with E-state index in [1.165, 1.54) is 12.0 Å². The number of aliphatic hydroxyl groups excluding tert-OH is 2. The Kier molecular flexibility index (Phi) is 23.2. The highest BCUT2D eigenvalue weighted by molar-refractivity contribution is 6.39. The van der Waals surface area contributed by atoms with Crippen LogP contribution in [-0.2, 0) is 52.4 Å². The number of Topliss-reactive ketones (excluding diaryl/α,β-unsaturated/α-hetero) is 3. The average molecular weight is 960 g/mol. The number of esters is 1. The lowest BCUT2D eigenvalue weighted by Gasteiger charge is -2.42. The molecule has 2 bridgehead atoms. The second-order valence-electron chi connectivity index (χ2n) is 20.6. The van der Waals surface area contributed by atoms with E-state index < -0.39 is 83.7 Å². The van der Waals surface area contributed by atoms with Crippen molar-refractivity contribution >= 4 is 29.2 Å². The number of ketones is 3. The number of carbonyl (C=O) groups is 5. The fraction of sp³-hybridized carbons (Fsp3) is 0.792. The maximum absolute atomic E-state index is 14.5. The molecule has 3 fully saturated rings. The van der Waals surface area contributed by atoms with Crippen molar-refractivity contribution in [3.63, 3.8) is 0 Å². The third kappa shape index (κ3) is 15.4. The van der Waals surface area contributed by atoms with Gasteiger partial charge in [0.05, 0.1) is 43.7 Å². The van der Waals surface area contributed by atoms with Crippen LogP contribution in [0.25, 0.3) is 0 Å². The molecule has 15 heteroatoms. The van der Waals surface area contributed by atoms with Crippen LogP contribution in [-0.4, -0.2) is 145 Å². The summed E-state index contributed by atoms with van der Waals surface area (Å²) in [5.41, 5.74) is 0.883. The number of cyclic esters (lactones) is 1. The Balaban J connectivity index is 1.67. The lowest BCUT2D eigenvalue weighted by Crippen LogP contribution is -2.61. The van der Waals surface area contributed by atoms with Crippen LogP contribution in [0.4, 0.5) is 0 Å². The lowest BCUT2D eigenvalue weighted by atomic mass is 9.78. The minimum absolute atomic E-state index is 0.0304. The fourth-order valence-electron chi connectivity index (χ4n) is 10.8. The zero-order chi connectivity index (χ0) is 50.3. The zero-order valence-corrected chi connectivity index (χ0v) is 42.6. The first-order valence-electron chi connectivity index (χ1n) is 25.3. The molecule has 386 valence electrons. The largest absolute Gasteiger partial charge is 0.460 e. The number of hydrogen-bond donors (Lipinski definition) is 3. The summed E-state index contributed by atoms with van der Waals surface area (Å²) in [6.45, 7) is 13.2. The highest BCUT2D eigenvalue weighted by atomic mass is 16.6. The number of amides is 1. The molecule has 15 nitrogen and oxygen atoms in total. The Morgan fingerprint density at radius 3 is 2.25 bits per heavy atom. The van der Waals surface area contributed by atoms with Gasteiger partial charge in [0.1, 0.15) is 24.0 Å². The van der Waals surface area contributed by atoms with Crippen LogP contribution in [0, 0.1) is 41.4 Å². The van der Waals surface area contributed by atoms with E-state index in [0.717, 1.165) is 12.0 Å². The molecule has 68 heavy (non-hydrogen) atoms. The molecule has 3 heterocycles. The molecule has 0 radical (unpaired) electrons. The summed E-state index contributed by atoms with van der Waals surface area (Å²) in [6.07, 6.45) is 11.1. The molecule has 0 aromatic carbocycles. The summed E-state index contributed by atoms with van der Waals surface area (Å²) in [5, 5.41) is 32.9. The number of piperidine rings is 1. The van der Waals surface area contributed by atoms with Crippen molar-refractivity contribution in [3.8, 4) is 0 Å². The summed E-state index contributed by atoms with van der Waals surface area (Å²) in [5.74, 6) is -8.07. The van der Waals surface area contributed by atoms with Crippen LogP contribution in [0.2, 0.25) is 0 Å². The molecule has 2 saturated heterocycles. The van der Waals surface area contributed by atoms with Crippen molar-refractivity contribution in [2.75, 3.05) is 41.1 Å². The topological polar surface area (TPSA) is 205 Å². The SMILES string of the molecule is CO[C@H]1C[C@@H]2CC[C@@H](C)[C@@](O)(O2)C(=O)C(=O)N2CCCC[C@H]2C(=O)O[C@H]([C@H](C)C[C@H]2CC[C@@H](OCCO)[C@H](OC)C2)CC(=O)[C@H](C)CC(C)[C@@H](O)[C@@H](OC)C(=O)[C@H](C)C[C@H](C)\C=C/C=C/C=C/1C. The van der Waals surface area contributed by atoms with Crippen LogP contribution in [0.15, 0.2) is 36.0 Å². The van der Waals surface area contributed by atoms with Crippen molar-refractivity contribution in [2.45, 2.75) is 186 Å². The minimum Gasteiger partial charge on any atom is -0.460 e. The van der Waals surface area contributed by atoms with Crippen molar-refractivity contribution in [2.24, 2.45) is 41.4 Å². The number of nitrogens with zero attached hydrogens (tertiary/aromatic N) is 1. The van der Waals surface area contributed by atoms with Crippen molar-refractivity contribution in [1.82, 2.24) is 4.90 Å². The van der Waals surface area contributed by atoms with Gasteiger partial charge in [-0.3, -0.25) is 19.2 Å². The summed E-state index contributed by atoms with van der Waals surface area (Å²) < 4.78 is 35.6. The quantitative estimate of drug-likeness (QED) is 0.172. The van der Waals surface area contributed by atoms with Crippen molar-refractivity contribution in [3.05, 3.63) is 36.0 Å². The Hall–Kier alpha value is -3.15. The third-order valence-corrected chi connectivity index (χ3v) is 15.3. The molecule has 4 aliphatic rings. The smallest absolute Gasteiger partial charge is 0.329 e. The van der Waals surface area contributed by atoms with Gasteiger partial charge < -0.3 is 48.6 Å². The molecule has 1 aliphatic carbocycles. The Labute approximate surface area is 405 Å². The number of carbonyl (C=O) groups excluding carboxylic acids is 5. The molecular formula is C53H85NO14. The van der Waals surface area contributed by atoms with Gasteiger partial charge in [-0.05, 0) is 107 Å². The normalized spacial score (nSPS) is 39.6. The van der Waals surface area contributed by atoms with Gasteiger partial charge in [-0.1, -0.05) is 71.9 Å². The molecule has 0 spiro atoms. The van der Waals surface area contributed by atoms with E-state index >= 15 is 0 Å². The standard InChI is InChI=1S/C53H85NO14/c1-32-16-12-11-13-17-33(2)44(63-8)30-40-21-19-38(7)53(62,68-40)50(59)51(60)54-23-15-14-18-41(54)52(61)67-45(35(4)28-39-20-22-43(66-25-24-55)46(29-39)64-9)31-42(56)34(3)27-37(6)48(58)49(65-10)47(57)36(5)26-32/h11-13,16-17,32,34-41,43-46,48-49,55,58,62H,14-15,18-31H2,1-10H3/b13-11+,16-12-,33-17+/t32-,34-,35-,36-,37?,38-,39-,40+,41+,43-,44+,45+,46-,48-,49+,53-/m1/s1. The van der Waals surface area contributed by atoms with E-state index in [2.05, 4.69) is 0 Å². The van der Waals surface area contributed by atoms with Crippen LogP contribution >= 0.6 is 0 Å². The van der Waals surface area contributed by atoms with Gasteiger partial charge in [-0.2, -0.15) is 0 Å². The first-order chi connectivity index (χ1) is 32.3. The Morgan fingerprint density at radius 2 is 1.57 bits per heavy atom. The van der Waals surface area contributed by atoms with Gasteiger partial charge in [0.15, 0.2) is 5.78 Å². The van der Waals surface area contributed by atoms with Gasteiger partial charge in [-0.15, -0.1) is 0 Å². The maximum atomic E-state index is 14.5. The molecule has 16 atom stereocenters. The Bertz CT molecular complexity index is 1750. The van der Waals surface area contributed by atoms with E-state index in [9.17, 15) is 39.3 Å². The number of allylic oxidation sites excluding steroid dienone is 5. The maximum Gasteiger partial charge on any atom is 0.329 e. The molecular weight excluding hydrogens is 875 g/mol. The van der Waals surface area contributed by atoms with Crippen LogP contribution < -0.4 is 0 Å². The third-order valence-electron chi connectivity index (χ3n) is 15.3. The molecule has 0 aromatic rings. The number of methoxy groups -OCH3 is 3. The highest BCUT2D eigenvalue weighted by Gasteiger charge is 2.53. The number of aliphatic hydroxyl groups is 3. The van der Waals surface area contributed by atoms with Crippen molar-refractivity contribution < 1.29 is 67.7 Å². The van der Waals surface area contributed by atoms with Gasteiger partial charge in [0.25, 0.3) is 11.7 Å². The summed E-state index contributed by atoms with van der Waals surface area (Å²) >= 11 is 0. The monoisotopic (exact) mass is 960 g/mol. The predicted molar refractivity (Wildman–Crippen MR) is 256 cm³/mol. The molecule has 4 rings (SSSR count). The number of rotatable bonds is 9. The van der Waals surface area contributed by atoms with Gasteiger partial charge >= 0.3 is 5.97 Å².